The molecule has 6 unspecified atom stereocenters. The zero-order valence-corrected chi connectivity index (χ0v) is 81.3. The zero-order valence-electron chi connectivity index (χ0n) is 81.3. The van der Waals surface area contributed by atoms with Crippen LogP contribution in [0.4, 0.5) is 0 Å². The second-order valence-corrected chi connectivity index (χ2v) is 34.1. The first kappa shape index (κ1) is 126. The number of nitrogens with zero attached hydrogens (tertiary/aromatic N) is 3. The number of hydrogen-bond acceptors (Lipinski definition) is 45. The zero-order chi connectivity index (χ0) is 102. The Bertz CT molecular complexity index is 3160. The highest BCUT2D eigenvalue weighted by Gasteiger charge is 2.47. The lowest BCUT2D eigenvalue weighted by Crippen LogP contribution is -2.59. The van der Waals surface area contributed by atoms with Crippen molar-refractivity contribution in [1.29, 1.82) is 0 Å². The summed E-state index contributed by atoms with van der Waals surface area (Å²) in [5.41, 5.74) is 18.6. The Hall–Kier alpha value is -6.75. The van der Waals surface area contributed by atoms with Gasteiger partial charge in [0.25, 0.3) is 0 Å². The second kappa shape index (κ2) is 80.5. The maximum Gasteiger partial charge on any atom is 0.222 e. The van der Waals surface area contributed by atoms with Crippen LogP contribution in [0.1, 0.15) is 167 Å². The molecule has 0 spiro atoms. The largest absolute Gasteiger partial charge is 0.401 e. The first-order valence-corrected chi connectivity index (χ1v) is 49.0. The number of aromatic nitrogens is 3. The normalized spacial score (nSPS) is 22.3. The lowest BCUT2D eigenvalue weighted by atomic mass is 9.99. The monoisotopic (exact) mass is 2020 g/mol. The van der Waals surface area contributed by atoms with E-state index in [1.807, 2.05) is 0 Å². The molecule has 4 heterocycles. The molecule has 0 aromatic carbocycles. The SMILES string of the molecule is N/C(=C\NCCOCCOCCOCCO[C@H]1OC(CO)[C@@H](O)[C@H](O)C1O)CCC(=O)CCCCCC(=O)CCOCC(COCCC(=O)CCCCCC(=O)CC/C(N)=C/NCCOCCOCCOCCO[C@H]1OC(CO)[C@@H](O)[C@H](O)C1O)(COCCC(=O)NCCCCC(=O)CC/C(N)=C/NCCOCCOCCOCCO[C@H]1OC(CO)[C@@H](O)[C@H](O)C1O)NC(=O)CCCCCn1ccnn1. The van der Waals surface area contributed by atoms with E-state index in [1.54, 1.807) is 35.7 Å². The first-order valence-electron chi connectivity index (χ1n) is 49.0. The number of Topliss-reactive ketones (excluding diaryl/α,β-unsaturated/α-hetero) is 5. The van der Waals surface area contributed by atoms with Gasteiger partial charge in [0.1, 0.15) is 108 Å². The number of aryl methyl sites for hydroxylation is 1. The average molecular weight is 2020 g/mol. The molecule has 0 radical (unpaired) electrons. The molecule has 1 aromatic rings. The highest BCUT2D eigenvalue weighted by Crippen LogP contribution is 2.26. The number of rotatable bonds is 93. The van der Waals surface area contributed by atoms with Crippen molar-refractivity contribution >= 4 is 40.7 Å². The van der Waals surface area contributed by atoms with Crippen molar-refractivity contribution in [3.05, 3.63) is 48.1 Å². The van der Waals surface area contributed by atoms with Crippen molar-refractivity contribution in [3.63, 3.8) is 0 Å². The third-order valence-corrected chi connectivity index (χ3v) is 22.3. The van der Waals surface area contributed by atoms with E-state index in [0.29, 0.717) is 225 Å². The van der Waals surface area contributed by atoms with Gasteiger partial charge in [-0.25, -0.2) is 0 Å². The van der Waals surface area contributed by atoms with Crippen LogP contribution in [-0.4, -0.2) is 439 Å². The van der Waals surface area contributed by atoms with E-state index in [9.17, 15) is 94.8 Å². The third kappa shape index (κ3) is 59.6. The molecule has 0 aliphatic carbocycles. The molecule has 48 heteroatoms. The number of aliphatic hydroxyl groups excluding tert-OH is 12. The summed E-state index contributed by atoms with van der Waals surface area (Å²) in [4.78, 5) is 92.0. The summed E-state index contributed by atoms with van der Waals surface area (Å²) < 4.78 is 102. The molecule has 3 saturated heterocycles. The molecule has 140 heavy (non-hydrogen) atoms. The van der Waals surface area contributed by atoms with Gasteiger partial charge in [-0.1, -0.05) is 24.5 Å². The summed E-state index contributed by atoms with van der Waals surface area (Å²) >= 11 is 0. The standard InChI is InChI=1S/C92H165N11O37/c93-67(58-96-29-37-123-40-43-126-46-49-129-52-55-135-89-86(120)83(117)80(114)75(61-104)138-89)18-21-70(107)12-4-1-6-14-73(110)24-34-132-64-92(101-79(113)17-8-3-11-32-103-33-28-100-102-103,65-133-35-25-74(111)15-7-2-5-13-71(108)22-19-68(94)59-97-30-38-124-41-44-127-47-50-130-53-56-136-90-87(121)84(118)81(115)76(62-105)139-90)66-134-36-26-78(112)99-27-10-9-16-72(109)23-20-69(95)60-98-31-39-125-42-45-128-48-51-131-54-57-137-91-88(122)85(119)82(116)77(63-106)140-91/h28,33,58-60,75-77,80-91,96-98,104-106,114-122H,1-27,29-32,34-57,61-66,93-95H2,(H,99,112)(H,101,113)/b67-58-,68-59-,69-60-/t75?,76?,77?,80-,81-,82-,83+,84+,85+,86?,87?,88?,89+,90+,91+,92?/m1/s1. The van der Waals surface area contributed by atoms with Crippen LogP contribution in [0.5, 0.6) is 0 Å². The maximum atomic E-state index is 14.0. The number of ketones is 5. The minimum atomic E-state index is -1.53. The molecule has 23 N–H and O–H groups in total. The van der Waals surface area contributed by atoms with Gasteiger partial charge in [0.2, 0.25) is 11.8 Å². The van der Waals surface area contributed by atoms with E-state index in [1.165, 1.54) is 0 Å². The van der Waals surface area contributed by atoms with Crippen molar-refractivity contribution in [3.8, 4) is 0 Å². The van der Waals surface area contributed by atoms with Crippen LogP contribution < -0.4 is 43.8 Å². The van der Waals surface area contributed by atoms with Crippen molar-refractivity contribution < 1.29 is 180 Å². The molecule has 15 atom stereocenters. The topological polar surface area (TPSA) is 697 Å². The van der Waals surface area contributed by atoms with Crippen molar-refractivity contribution in [2.24, 2.45) is 17.2 Å². The van der Waals surface area contributed by atoms with Gasteiger partial charge in [-0.3, -0.25) is 38.2 Å². The number of nitrogens with one attached hydrogen (secondary N) is 5. The Morgan fingerprint density at radius 1 is 0.314 bits per heavy atom. The second-order valence-electron chi connectivity index (χ2n) is 34.1. The quantitative estimate of drug-likeness (QED) is 0.0277. The number of carbonyl (C=O) groups excluding carboxylic acids is 7. The third-order valence-electron chi connectivity index (χ3n) is 22.3. The Kier molecular flexibility index (Phi) is 72.2. The fraction of sp³-hybridized carbons (Fsp3) is 0.837. The summed E-state index contributed by atoms with van der Waals surface area (Å²) in [5, 5.41) is 141. The lowest BCUT2D eigenvalue weighted by molar-refractivity contribution is -0.302. The molecule has 48 nitrogen and oxygen atoms in total. The molecular formula is C92H165N11O37. The minimum absolute atomic E-state index is 0.00397. The van der Waals surface area contributed by atoms with E-state index in [2.05, 4.69) is 36.9 Å². The molecule has 3 aliphatic heterocycles. The van der Waals surface area contributed by atoms with Gasteiger partial charge in [-0.05, 0) is 70.6 Å². The molecular weight excluding hydrogens is 1850 g/mol. The first-order chi connectivity index (χ1) is 67.8. The fourth-order valence-corrected chi connectivity index (χ4v) is 14.0. The lowest BCUT2D eigenvalue weighted by Gasteiger charge is -2.39. The van der Waals surface area contributed by atoms with Crippen LogP contribution in [0.15, 0.2) is 48.1 Å². The number of hydrogen-bond donors (Lipinski definition) is 20. The average Bonchev–Trinajstić information content (AvgIpc) is 0.850. The summed E-state index contributed by atoms with van der Waals surface area (Å²) in [7, 11) is 0. The summed E-state index contributed by atoms with van der Waals surface area (Å²) in [6, 6.07) is 0. The van der Waals surface area contributed by atoms with Crippen molar-refractivity contribution in [2.45, 2.75) is 271 Å². The van der Waals surface area contributed by atoms with Crippen LogP contribution in [-0.2, 0) is 125 Å². The summed E-state index contributed by atoms with van der Waals surface area (Å²) in [5.74, 6) is -0.618. The van der Waals surface area contributed by atoms with Gasteiger partial charge >= 0.3 is 0 Å². The molecule has 0 saturated carbocycles. The van der Waals surface area contributed by atoms with Crippen molar-refractivity contribution in [1.82, 2.24) is 41.6 Å². The molecule has 4 rings (SSSR count). The van der Waals surface area contributed by atoms with Crippen LogP contribution in [0.25, 0.3) is 0 Å². The summed E-state index contributed by atoms with van der Waals surface area (Å²) in [6.45, 7) is 5.36. The predicted octanol–water partition coefficient (Wildman–Crippen LogP) is -3.94. The van der Waals surface area contributed by atoms with Gasteiger partial charge in [0.15, 0.2) is 18.9 Å². The Morgan fingerprint density at radius 3 is 0.943 bits per heavy atom. The molecule has 2 amide bonds. The number of carbonyl (C=O) groups is 7. The smallest absolute Gasteiger partial charge is 0.222 e. The minimum Gasteiger partial charge on any atom is -0.401 e. The van der Waals surface area contributed by atoms with E-state index in [-0.39, 0.29) is 204 Å². The van der Waals surface area contributed by atoms with Gasteiger partial charge in [0.05, 0.1) is 204 Å². The molecule has 3 fully saturated rings. The van der Waals surface area contributed by atoms with E-state index in [0.717, 1.165) is 6.42 Å². The predicted molar refractivity (Wildman–Crippen MR) is 499 cm³/mol. The maximum absolute atomic E-state index is 14.0. The highest BCUT2D eigenvalue weighted by molar-refractivity contribution is 5.80. The van der Waals surface area contributed by atoms with Crippen LogP contribution >= 0.6 is 0 Å². The van der Waals surface area contributed by atoms with Gasteiger partial charge in [-0.2, -0.15) is 0 Å². The Morgan fingerprint density at radius 2 is 0.614 bits per heavy atom. The molecule has 810 valence electrons. The van der Waals surface area contributed by atoms with Gasteiger partial charge in [0, 0.05) is 152 Å². The van der Waals surface area contributed by atoms with Crippen LogP contribution in [0, 0.1) is 0 Å². The van der Waals surface area contributed by atoms with E-state index < -0.39 is 117 Å². The number of amides is 2. The van der Waals surface area contributed by atoms with Crippen LogP contribution in [0.3, 0.4) is 0 Å². The van der Waals surface area contributed by atoms with Gasteiger partial charge < -0.3 is 190 Å². The van der Waals surface area contributed by atoms with E-state index in [4.69, 9.17) is 102 Å². The molecule has 3 aliphatic rings. The fourth-order valence-electron chi connectivity index (χ4n) is 14.0. The van der Waals surface area contributed by atoms with Crippen molar-refractivity contribution in [2.75, 3.05) is 224 Å². The molecule has 1 aromatic heterocycles. The van der Waals surface area contributed by atoms with Crippen LogP contribution in [0.2, 0.25) is 0 Å². The molecule has 0 bridgehead atoms. The number of aliphatic hydroxyl groups is 12. The highest BCUT2D eigenvalue weighted by atomic mass is 16.7. The summed E-state index contributed by atoms with van der Waals surface area (Å²) in [6.07, 6.45) is -1.91. The number of ether oxygens (including phenoxy) is 18. The Labute approximate surface area is 819 Å². The van der Waals surface area contributed by atoms with E-state index >= 15 is 0 Å². The van der Waals surface area contributed by atoms with Gasteiger partial charge in [-0.15, -0.1) is 5.10 Å². The number of unbranched alkanes of at least 4 members (excludes halogenated alkanes) is 7. The number of allylic oxidation sites excluding steroid dienone is 3. The number of nitrogens with two attached hydrogens (primary N) is 3. The Balaban J connectivity index is 1.15.